The van der Waals surface area contributed by atoms with Crippen LogP contribution in [-0.4, -0.2) is 28.8 Å². The smallest absolute Gasteiger partial charge is 0.269 e. The fraction of sp³-hybridized carbons (Fsp3) is 0.333. The van der Waals surface area contributed by atoms with Crippen molar-refractivity contribution in [2.75, 3.05) is 13.2 Å². The minimum atomic E-state index is -0.0996. The van der Waals surface area contributed by atoms with Crippen LogP contribution in [0.5, 0.6) is 5.75 Å². The molecule has 0 saturated heterocycles. The monoisotopic (exact) mass is 271 g/mol. The van der Waals surface area contributed by atoms with E-state index in [0.29, 0.717) is 18.8 Å². The second kappa shape index (κ2) is 5.00. The molecule has 104 valence electrons. The Balaban J connectivity index is 1.66. The molecule has 5 nitrogen and oxygen atoms in total. The number of carbonyl (C=O) groups excluding carboxylic acids is 1. The van der Waals surface area contributed by atoms with Gasteiger partial charge in [-0.15, -0.1) is 0 Å². The predicted molar refractivity (Wildman–Crippen MR) is 75.0 cm³/mol. The van der Waals surface area contributed by atoms with Crippen molar-refractivity contribution in [2.24, 2.45) is 7.05 Å². The van der Waals surface area contributed by atoms with Crippen LogP contribution in [0.4, 0.5) is 0 Å². The SMILES string of the molecule is Cc1cc(C(=O)NC[C@@H]2COc3ccccc32)n(C)n1. The number of nitrogens with one attached hydrogen (secondary N) is 1. The number of carbonyl (C=O) groups is 1. The van der Waals surface area contributed by atoms with E-state index in [0.717, 1.165) is 17.0 Å². The van der Waals surface area contributed by atoms with Crippen molar-refractivity contribution in [2.45, 2.75) is 12.8 Å². The van der Waals surface area contributed by atoms with Crippen molar-refractivity contribution in [3.8, 4) is 5.75 Å². The van der Waals surface area contributed by atoms with Crippen molar-refractivity contribution in [1.82, 2.24) is 15.1 Å². The Morgan fingerprint density at radius 3 is 3.05 bits per heavy atom. The first-order valence-electron chi connectivity index (χ1n) is 6.65. The Kier molecular flexibility index (Phi) is 3.18. The van der Waals surface area contributed by atoms with E-state index in [1.54, 1.807) is 17.8 Å². The Morgan fingerprint density at radius 1 is 1.50 bits per heavy atom. The van der Waals surface area contributed by atoms with Gasteiger partial charge in [0.15, 0.2) is 0 Å². The molecule has 1 aliphatic rings. The molecule has 1 atom stereocenters. The van der Waals surface area contributed by atoms with Crippen LogP contribution in [0.15, 0.2) is 30.3 Å². The maximum absolute atomic E-state index is 12.1. The molecule has 0 radical (unpaired) electrons. The molecule has 2 aromatic rings. The van der Waals surface area contributed by atoms with Crippen LogP contribution < -0.4 is 10.1 Å². The van der Waals surface area contributed by atoms with Crippen LogP contribution in [0.2, 0.25) is 0 Å². The highest BCUT2D eigenvalue weighted by Gasteiger charge is 2.24. The minimum absolute atomic E-state index is 0.0996. The summed E-state index contributed by atoms with van der Waals surface area (Å²) in [4.78, 5) is 12.1. The Bertz CT molecular complexity index is 648. The third-order valence-electron chi connectivity index (χ3n) is 3.54. The highest BCUT2D eigenvalue weighted by molar-refractivity contribution is 5.92. The first kappa shape index (κ1) is 12.7. The van der Waals surface area contributed by atoms with Gasteiger partial charge in [-0.05, 0) is 19.1 Å². The summed E-state index contributed by atoms with van der Waals surface area (Å²) < 4.78 is 7.21. The van der Waals surface area contributed by atoms with E-state index in [1.165, 1.54) is 0 Å². The molecule has 5 heteroatoms. The lowest BCUT2D eigenvalue weighted by molar-refractivity contribution is 0.0940. The molecule has 0 saturated carbocycles. The van der Waals surface area contributed by atoms with E-state index in [2.05, 4.69) is 10.4 Å². The number of aromatic nitrogens is 2. The molecule has 0 fully saturated rings. The third-order valence-corrected chi connectivity index (χ3v) is 3.54. The van der Waals surface area contributed by atoms with Gasteiger partial charge in [-0.3, -0.25) is 9.48 Å². The molecular weight excluding hydrogens is 254 g/mol. The van der Waals surface area contributed by atoms with E-state index in [4.69, 9.17) is 4.74 Å². The second-order valence-electron chi connectivity index (χ2n) is 5.05. The van der Waals surface area contributed by atoms with Gasteiger partial charge in [-0.25, -0.2) is 0 Å². The summed E-state index contributed by atoms with van der Waals surface area (Å²) in [7, 11) is 1.77. The third kappa shape index (κ3) is 2.27. The number of rotatable bonds is 3. The van der Waals surface area contributed by atoms with Crippen LogP contribution in [0.25, 0.3) is 0 Å². The summed E-state index contributed by atoms with van der Waals surface area (Å²) in [5.41, 5.74) is 2.58. The average molecular weight is 271 g/mol. The van der Waals surface area contributed by atoms with E-state index in [9.17, 15) is 4.79 Å². The molecule has 1 amide bonds. The lowest BCUT2D eigenvalue weighted by atomic mass is 10.0. The first-order chi connectivity index (χ1) is 9.65. The predicted octanol–water partition coefficient (Wildman–Crippen LogP) is 1.63. The standard InChI is InChI=1S/C15H17N3O2/c1-10-7-13(18(2)17-10)15(19)16-8-11-9-20-14-6-4-3-5-12(11)14/h3-7,11H,8-9H2,1-2H3,(H,16,19)/t11-/m1/s1. The van der Waals surface area contributed by atoms with Gasteiger partial charge in [0.2, 0.25) is 0 Å². The number of aryl methyl sites for hydroxylation is 2. The lowest BCUT2D eigenvalue weighted by Crippen LogP contribution is -2.30. The van der Waals surface area contributed by atoms with Crippen molar-refractivity contribution < 1.29 is 9.53 Å². The van der Waals surface area contributed by atoms with Gasteiger partial charge in [-0.2, -0.15) is 5.10 Å². The number of benzene rings is 1. The molecule has 0 aliphatic carbocycles. The Morgan fingerprint density at radius 2 is 2.30 bits per heavy atom. The molecule has 0 bridgehead atoms. The van der Waals surface area contributed by atoms with Gasteiger partial charge >= 0.3 is 0 Å². The van der Waals surface area contributed by atoms with Crippen LogP contribution in [-0.2, 0) is 7.05 Å². The first-order valence-corrected chi connectivity index (χ1v) is 6.65. The summed E-state index contributed by atoms with van der Waals surface area (Å²) in [6.45, 7) is 3.06. The van der Waals surface area contributed by atoms with E-state index in [-0.39, 0.29) is 11.8 Å². The zero-order valence-electron chi connectivity index (χ0n) is 11.6. The maximum Gasteiger partial charge on any atom is 0.269 e. The molecular formula is C15H17N3O2. The fourth-order valence-corrected chi connectivity index (χ4v) is 2.53. The van der Waals surface area contributed by atoms with Gasteiger partial charge in [0.1, 0.15) is 11.4 Å². The molecule has 1 N–H and O–H groups in total. The van der Waals surface area contributed by atoms with Crippen molar-refractivity contribution in [3.63, 3.8) is 0 Å². The number of fused-ring (bicyclic) bond motifs is 1. The number of ether oxygens (including phenoxy) is 1. The summed E-state index contributed by atoms with van der Waals surface area (Å²) >= 11 is 0. The molecule has 1 aromatic heterocycles. The van der Waals surface area contributed by atoms with E-state index >= 15 is 0 Å². The summed E-state index contributed by atoms with van der Waals surface area (Å²) in [5.74, 6) is 1.03. The molecule has 20 heavy (non-hydrogen) atoms. The number of nitrogens with zero attached hydrogens (tertiary/aromatic N) is 2. The van der Waals surface area contributed by atoms with Crippen LogP contribution in [0, 0.1) is 6.92 Å². The van der Waals surface area contributed by atoms with Gasteiger partial charge in [0.25, 0.3) is 5.91 Å². The van der Waals surface area contributed by atoms with E-state index < -0.39 is 0 Å². The quantitative estimate of drug-likeness (QED) is 0.923. The van der Waals surface area contributed by atoms with Crippen molar-refractivity contribution >= 4 is 5.91 Å². The van der Waals surface area contributed by atoms with Crippen LogP contribution in [0.1, 0.15) is 27.7 Å². The number of hydrogen-bond donors (Lipinski definition) is 1. The number of hydrogen-bond acceptors (Lipinski definition) is 3. The average Bonchev–Trinajstić information content (AvgIpc) is 2.99. The summed E-state index contributed by atoms with van der Waals surface area (Å²) in [6.07, 6.45) is 0. The molecule has 2 heterocycles. The van der Waals surface area contributed by atoms with Gasteiger partial charge in [0, 0.05) is 25.1 Å². The maximum atomic E-state index is 12.1. The van der Waals surface area contributed by atoms with Gasteiger partial charge < -0.3 is 10.1 Å². The van der Waals surface area contributed by atoms with E-state index in [1.807, 2.05) is 31.2 Å². The minimum Gasteiger partial charge on any atom is -0.493 e. The topological polar surface area (TPSA) is 56.1 Å². The molecule has 1 aromatic carbocycles. The zero-order valence-corrected chi connectivity index (χ0v) is 11.6. The normalized spacial score (nSPS) is 16.6. The fourth-order valence-electron chi connectivity index (χ4n) is 2.53. The Hall–Kier alpha value is -2.30. The highest BCUT2D eigenvalue weighted by Crippen LogP contribution is 2.32. The molecule has 0 unspecified atom stereocenters. The number of amides is 1. The number of para-hydroxylation sites is 1. The lowest BCUT2D eigenvalue weighted by Gasteiger charge is -2.10. The summed E-state index contributed by atoms with van der Waals surface area (Å²) in [5, 5.41) is 7.14. The zero-order chi connectivity index (χ0) is 14.1. The molecule has 3 rings (SSSR count). The largest absolute Gasteiger partial charge is 0.493 e. The Labute approximate surface area is 117 Å². The second-order valence-corrected chi connectivity index (χ2v) is 5.05. The van der Waals surface area contributed by atoms with Gasteiger partial charge in [0.05, 0.1) is 12.3 Å². The molecule has 1 aliphatic heterocycles. The van der Waals surface area contributed by atoms with Crippen molar-refractivity contribution in [1.29, 1.82) is 0 Å². The molecule has 0 spiro atoms. The highest BCUT2D eigenvalue weighted by atomic mass is 16.5. The van der Waals surface area contributed by atoms with Crippen LogP contribution >= 0.6 is 0 Å². The van der Waals surface area contributed by atoms with Crippen molar-refractivity contribution in [3.05, 3.63) is 47.3 Å². The van der Waals surface area contributed by atoms with Crippen LogP contribution in [0.3, 0.4) is 0 Å². The summed E-state index contributed by atoms with van der Waals surface area (Å²) in [6, 6.07) is 9.74. The van der Waals surface area contributed by atoms with Gasteiger partial charge in [-0.1, -0.05) is 18.2 Å².